The van der Waals surface area contributed by atoms with Crippen LogP contribution in [0.15, 0.2) is 12.2 Å². The summed E-state index contributed by atoms with van der Waals surface area (Å²) >= 11 is 0. The SMILES string of the molecule is C=C1CC[C@H]2C(C)(C)CCC[C@]2(C)C1CO. The fraction of sp³-hybridized carbons (Fsp3) is 0.867. The number of hydrogen-bond donors (Lipinski definition) is 1. The van der Waals surface area contributed by atoms with E-state index in [0.717, 1.165) is 12.3 Å². The van der Waals surface area contributed by atoms with Crippen LogP contribution in [0, 0.1) is 22.7 Å². The maximum absolute atomic E-state index is 9.67. The van der Waals surface area contributed by atoms with Gasteiger partial charge in [-0.2, -0.15) is 0 Å². The molecule has 0 spiro atoms. The summed E-state index contributed by atoms with van der Waals surface area (Å²) < 4.78 is 0. The molecule has 2 rings (SSSR count). The zero-order valence-electron chi connectivity index (χ0n) is 11.1. The molecule has 0 aromatic heterocycles. The highest BCUT2D eigenvalue weighted by Crippen LogP contribution is 2.60. The summed E-state index contributed by atoms with van der Waals surface area (Å²) in [4.78, 5) is 0. The molecule has 2 fully saturated rings. The van der Waals surface area contributed by atoms with E-state index in [9.17, 15) is 5.11 Å². The largest absolute Gasteiger partial charge is 0.396 e. The van der Waals surface area contributed by atoms with Gasteiger partial charge in [0.15, 0.2) is 0 Å². The fourth-order valence-electron chi connectivity index (χ4n) is 4.61. The summed E-state index contributed by atoms with van der Waals surface area (Å²) in [5.74, 6) is 1.10. The lowest BCUT2D eigenvalue weighted by Crippen LogP contribution is -2.50. The van der Waals surface area contributed by atoms with Crippen LogP contribution in [-0.4, -0.2) is 11.7 Å². The number of hydrogen-bond acceptors (Lipinski definition) is 1. The Morgan fingerprint density at radius 1 is 1.31 bits per heavy atom. The van der Waals surface area contributed by atoms with Crippen molar-refractivity contribution < 1.29 is 5.11 Å². The summed E-state index contributed by atoms with van der Waals surface area (Å²) in [6, 6.07) is 0. The molecule has 16 heavy (non-hydrogen) atoms. The Labute approximate surface area is 99.9 Å². The van der Waals surface area contributed by atoms with Crippen molar-refractivity contribution in [2.75, 3.05) is 6.61 Å². The summed E-state index contributed by atoms with van der Waals surface area (Å²) in [6.07, 6.45) is 6.32. The molecule has 2 aliphatic carbocycles. The van der Waals surface area contributed by atoms with E-state index in [1.165, 1.54) is 31.3 Å². The predicted molar refractivity (Wildman–Crippen MR) is 68.2 cm³/mol. The number of rotatable bonds is 1. The van der Waals surface area contributed by atoms with E-state index in [1.807, 2.05) is 0 Å². The minimum Gasteiger partial charge on any atom is -0.396 e. The molecule has 0 bridgehead atoms. The maximum Gasteiger partial charge on any atom is 0.0501 e. The minimum absolute atomic E-state index is 0.294. The lowest BCUT2D eigenvalue weighted by molar-refractivity contribution is -0.0651. The second-order valence-corrected chi connectivity index (χ2v) is 6.83. The van der Waals surface area contributed by atoms with Gasteiger partial charge in [0.2, 0.25) is 0 Å². The van der Waals surface area contributed by atoms with E-state index in [1.54, 1.807) is 0 Å². The smallest absolute Gasteiger partial charge is 0.0501 e. The Morgan fingerprint density at radius 2 is 2.00 bits per heavy atom. The van der Waals surface area contributed by atoms with Crippen LogP contribution in [0.25, 0.3) is 0 Å². The molecule has 2 aliphatic rings. The molecule has 1 N–H and O–H groups in total. The molecule has 92 valence electrons. The van der Waals surface area contributed by atoms with Crippen molar-refractivity contribution in [1.29, 1.82) is 0 Å². The second-order valence-electron chi connectivity index (χ2n) is 6.83. The fourth-order valence-corrected chi connectivity index (χ4v) is 4.61. The summed E-state index contributed by atoms with van der Waals surface area (Å²) in [6.45, 7) is 11.7. The maximum atomic E-state index is 9.67. The Hall–Kier alpha value is -0.300. The molecule has 0 aromatic carbocycles. The van der Waals surface area contributed by atoms with E-state index >= 15 is 0 Å². The van der Waals surface area contributed by atoms with Crippen LogP contribution in [0.2, 0.25) is 0 Å². The van der Waals surface area contributed by atoms with Crippen molar-refractivity contribution >= 4 is 0 Å². The Kier molecular flexibility index (Phi) is 2.94. The second kappa shape index (κ2) is 3.87. The van der Waals surface area contributed by atoms with Crippen molar-refractivity contribution in [2.45, 2.75) is 52.9 Å². The van der Waals surface area contributed by atoms with Gasteiger partial charge in [-0.05, 0) is 42.4 Å². The van der Waals surface area contributed by atoms with Gasteiger partial charge in [-0.25, -0.2) is 0 Å². The number of fused-ring (bicyclic) bond motifs is 1. The Balaban J connectivity index is 2.34. The van der Waals surface area contributed by atoms with Gasteiger partial charge in [-0.3, -0.25) is 0 Å². The van der Waals surface area contributed by atoms with Gasteiger partial charge in [0.1, 0.15) is 0 Å². The van der Waals surface area contributed by atoms with E-state index in [-0.39, 0.29) is 0 Å². The highest BCUT2D eigenvalue weighted by Gasteiger charge is 2.52. The van der Waals surface area contributed by atoms with Crippen LogP contribution in [-0.2, 0) is 0 Å². The molecular weight excluding hydrogens is 196 g/mol. The zero-order valence-corrected chi connectivity index (χ0v) is 11.1. The quantitative estimate of drug-likeness (QED) is 0.669. The highest BCUT2D eigenvalue weighted by atomic mass is 16.3. The third-order valence-corrected chi connectivity index (χ3v) is 5.50. The van der Waals surface area contributed by atoms with Crippen LogP contribution in [0.1, 0.15) is 52.9 Å². The molecule has 1 unspecified atom stereocenters. The number of aliphatic hydroxyl groups is 1. The molecule has 0 aliphatic heterocycles. The van der Waals surface area contributed by atoms with Gasteiger partial charge < -0.3 is 5.11 Å². The van der Waals surface area contributed by atoms with Gasteiger partial charge in [-0.1, -0.05) is 39.3 Å². The Bertz CT molecular complexity index is 292. The highest BCUT2D eigenvalue weighted by molar-refractivity contribution is 5.15. The molecule has 0 aromatic rings. The van der Waals surface area contributed by atoms with Crippen molar-refractivity contribution in [3.63, 3.8) is 0 Å². The summed E-state index contributed by atoms with van der Waals surface area (Å²) in [5.41, 5.74) is 2.03. The van der Waals surface area contributed by atoms with Crippen molar-refractivity contribution in [3.8, 4) is 0 Å². The van der Waals surface area contributed by atoms with Gasteiger partial charge in [0.25, 0.3) is 0 Å². The Morgan fingerprint density at radius 3 is 2.62 bits per heavy atom. The first-order valence-corrected chi connectivity index (χ1v) is 6.70. The summed E-state index contributed by atoms with van der Waals surface area (Å²) in [7, 11) is 0. The van der Waals surface area contributed by atoms with Crippen LogP contribution in [0.3, 0.4) is 0 Å². The molecule has 1 heteroatoms. The monoisotopic (exact) mass is 222 g/mol. The van der Waals surface area contributed by atoms with E-state index in [2.05, 4.69) is 27.4 Å². The molecular formula is C15H26O. The minimum atomic E-state index is 0.294. The van der Waals surface area contributed by atoms with Crippen molar-refractivity contribution in [2.24, 2.45) is 22.7 Å². The molecule has 1 nitrogen and oxygen atoms in total. The van der Waals surface area contributed by atoms with Crippen LogP contribution < -0.4 is 0 Å². The zero-order chi connectivity index (χ0) is 12.0. The first kappa shape index (κ1) is 12.2. The third kappa shape index (κ3) is 1.64. The van der Waals surface area contributed by atoms with Crippen LogP contribution in [0.5, 0.6) is 0 Å². The van der Waals surface area contributed by atoms with Crippen molar-refractivity contribution in [3.05, 3.63) is 12.2 Å². The topological polar surface area (TPSA) is 20.2 Å². The lowest BCUT2D eigenvalue weighted by Gasteiger charge is -2.57. The number of aliphatic hydroxyl groups excluding tert-OH is 1. The molecule has 3 atom stereocenters. The van der Waals surface area contributed by atoms with Crippen LogP contribution in [0.4, 0.5) is 0 Å². The normalized spacial score (nSPS) is 42.9. The molecule has 0 amide bonds. The molecule has 0 saturated heterocycles. The first-order chi connectivity index (χ1) is 7.42. The summed E-state index contributed by atoms with van der Waals surface area (Å²) in [5, 5.41) is 9.67. The van der Waals surface area contributed by atoms with Gasteiger partial charge in [-0.15, -0.1) is 0 Å². The van der Waals surface area contributed by atoms with Gasteiger partial charge in [0.05, 0.1) is 6.61 Å². The average molecular weight is 222 g/mol. The molecule has 0 radical (unpaired) electrons. The van der Waals surface area contributed by atoms with Crippen molar-refractivity contribution in [1.82, 2.24) is 0 Å². The molecule has 2 saturated carbocycles. The standard InChI is InChI=1S/C15H26O/c1-11-6-7-13-14(2,3)8-5-9-15(13,4)12(11)10-16/h12-13,16H,1,5-10H2,2-4H3/t12?,13-,15+/m0/s1. The van der Waals surface area contributed by atoms with Gasteiger partial charge in [0, 0.05) is 5.92 Å². The van der Waals surface area contributed by atoms with E-state index < -0.39 is 0 Å². The lowest BCUT2D eigenvalue weighted by atomic mass is 9.48. The van der Waals surface area contributed by atoms with Gasteiger partial charge >= 0.3 is 0 Å². The molecule has 0 heterocycles. The average Bonchev–Trinajstić information content (AvgIpc) is 2.15. The third-order valence-electron chi connectivity index (χ3n) is 5.50. The van der Waals surface area contributed by atoms with E-state index in [4.69, 9.17) is 0 Å². The first-order valence-electron chi connectivity index (χ1n) is 6.70. The van der Waals surface area contributed by atoms with Crippen LogP contribution >= 0.6 is 0 Å². The predicted octanol–water partition coefficient (Wildman–Crippen LogP) is 3.78. The van der Waals surface area contributed by atoms with E-state index in [0.29, 0.717) is 23.4 Å².